The standard InChI is InChI=1S/C17H26O2/c1-4-9-16-14(5-2)12-18-17(19-16)13(3)15-10-7-6-8-11-15/h6-8,10-11,13-14,16-17H,4-5,9,12H2,1-3H3/t13-,14+,16-,17-/m0/s1. The van der Waals surface area contributed by atoms with E-state index in [4.69, 9.17) is 9.47 Å². The molecule has 0 spiro atoms. The summed E-state index contributed by atoms with van der Waals surface area (Å²) in [6.45, 7) is 7.47. The quantitative estimate of drug-likeness (QED) is 0.785. The molecule has 1 heterocycles. The van der Waals surface area contributed by atoms with Crippen LogP contribution in [0.5, 0.6) is 0 Å². The fraction of sp³-hybridized carbons (Fsp3) is 0.647. The van der Waals surface area contributed by atoms with Gasteiger partial charge in [0.25, 0.3) is 0 Å². The Morgan fingerprint density at radius 2 is 1.95 bits per heavy atom. The summed E-state index contributed by atoms with van der Waals surface area (Å²) in [6.07, 6.45) is 3.71. The van der Waals surface area contributed by atoms with Crippen molar-refractivity contribution in [1.82, 2.24) is 0 Å². The molecule has 1 saturated heterocycles. The van der Waals surface area contributed by atoms with Crippen molar-refractivity contribution in [3.63, 3.8) is 0 Å². The van der Waals surface area contributed by atoms with Crippen LogP contribution in [0.15, 0.2) is 30.3 Å². The summed E-state index contributed by atoms with van der Waals surface area (Å²) in [4.78, 5) is 0. The highest BCUT2D eigenvalue weighted by atomic mass is 16.7. The summed E-state index contributed by atoms with van der Waals surface area (Å²) < 4.78 is 12.2. The van der Waals surface area contributed by atoms with Gasteiger partial charge in [0.15, 0.2) is 6.29 Å². The number of hydrogen-bond donors (Lipinski definition) is 0. The van der Waals surface area contributed by atoms with E-state index in [2.05, 4.69) is 45.0 Å². The second-order valence-electron chi connectivity index (χ2n) is 5.53. The van der Waals surface area contributed by atoms with Crippen molar-refractivity contribution in [2.24, 2.45) is 5.92 Å². The van der Waals surface area contributed by atoms with Gasteiger partial charge in [0.2, 0.25) is 0 Å². The summed E-state index contributed by atoms with van der Waals surface area (Å²) in [5, 5.41) is 0. The van der Waals surface area contributed by atoms with E-state index in [1.54, 1.807) is 0 Å². The largest absolute Gasteiger partial charge is 0.352 e. The third-order valence-electron chi connectivity index (χ3n) is 4.14. The van der Waals surface area contributed by atoms with Crippen molar-refractivity contribution in [3.8, 4) is 0 Å². The van der Waals surface area contributed by atoms with Crippen molar-refractivity contribution in [3.05, 3.63) is 35.9 Å². The number of rotatable bonds is 5. The summed E-state index contributed by atoms with van der Waals surface area (Å²) in [5.74, 6) is 0.845. The zero-order valence-corrected chi connectivity index (χ0v) is 12.3. The Bertz CT molecular complexity index is 363. The van der Waals surface area contributed by atoms with Crippen LogP contribution in [0.2, 0.25) is 0 Å². The van der Waals surface area contributed by atoms with Crippen molar-refractivity contribution < 1.29 is 9.47 Å². The summed E-state index contributed by atoms with van der Waals surface area (Å²) in [5.41, 5.74) is 1.29. The van der Waals surface area contributed by atoms with E-state index in [1.807, 2.05) is 6.07 Å². The molecule has 0 unspecified atom stereocenters. The molecule has 106 valence electrons. The summed E-state index contributed by atoms with van der Waals surface area (Å²) in [7, 11) is 0. The lowest BCUT2D eigenvalue weighted by atomic mass is 9.94. The van der Waals surface area contributed by atoms with Crippen LogP contribution in [0.4, 0.5) is 0 Å². The van der Waals surface area contributed by atoms with Crippen molar-refractivity contribution in [2.75, 3.05) is 6.61 Å². The van der Waals surface area contributed by atoms with E-state index >= 15 is 0 Å². The molecule has 0 saturated carbocycles. The van der Waals surface area contributed by atoms with Crippen molar-refractivity contribution >= 4 is 0 Å². The first-order valence-electron chi connectivity index (χ1n) is 7.58. The molecule has 2 rings (SSSR count). The number of benzene rings is 1. The topological polar surface area (TPSA) is 18.5 Å². The molecule has 1 aliphatic heterocycles. The van der Waals surface area contributed by atoms with Crippen LogP contribution < -0.4 is 0 Å². The summed E-state index contributed by atoms with van der Waals surface area (Å²) >= 11 is 0. The molecule has 1 aromatic rings. The highest BCUT2D eigenvalue weighted by Crippen LogP contribution is 2.31. The Morgan fingerprint density at radius 3 is 2.58 bits per heavy atom. The predicted molar refractivity (Wildman–Crippen MR) is 78.2 cm³/mol. The highest BCUT2D eigenvalue weighted by Gasteiger charge is 2.33. The van der Waals surface area contributed by atoms with E-state index in [1.165, 1.54) is 12.0 Å². The predicted octanol–water partition coefficient (Wildman–Crippen LogP) is 4.36. The molecule has 0 aromatic heterocycles. The highest BCUT2D eigenvalue weighted by molar-refractivity contribution is 5.19. The van der Waals surface area contributed by atoms with E-state index in [0.29, 0.717) is 17.9 Å². The molecular weight excluding hydrogens is 236 g/mol. The average Bonchev–Trinajstić information content (AvgIpc) is 2.47. The molecule has 2 heteroatoms. The van der Waals surface area contributed by atoms with Gasteiger partial charge >= 0.3 is 0 Å². The molecule has 1 aliphatic rings. The molecule has 19 heavy (non-hydrogen) atoms. The fourth-order valence-corrected chi connectivity index (χ4v) is 2.79. The Morgan fingerprint density at radius 1 is 1.21 bits per heavy atom. The summed E-state index contributed by atoms with van der Waals surface area (Å²) in [6, 6.07) is 10.5. The Balaban J connectivity index is 2.02. The molecule has 0 amide bonds. The zero-order chi connectivity index (χ0) is 13.7. The van der Waals surface area contributed by atoms with Crippen LogP contribution in [0.3, 0.4) is 0 Å². The first-order valence-corrected chi connectivity index (χ1v) is 7.58. The Labute approximate surface area is 117 Å². The van der Waals surface area contributed by atoms with Gasteiger partial charge in [-0.3, -0.25) is 0 Å². The molecule has 4 atom stereocenters. The molecular formula is C17H26O2. The Kier molecular flexibility index (Phi) is 5.41. The molecule has 0 N–H and O–H groups in total. The van der Waals surface area contributed by atoms with Crippen molar-refractivity contribution in [1.29, 1.82) is 0 Å². The Hall–Kier alpha value is -0.860. The van der Waals surface area contributed by atoms with Crippen LogP contribution in [-0.4, -0.2) is 19.0 Å². The van der Waals surface area contributed by atoms with Gasteiger partial charge in [-0.2, -0.15) is 0 Å². The molecule has 0 radical (unpaired) electrons. The molecule has 0 bridgehead atoms. The monoisotopic (exact) mass is 262 g/mol. The molecule has 2 nitrogen and oxygen atoms in total. The van der Waals surface area contributed by atoms with Gasteiger partial charge in [0.1, 0.15) is 0 Å². The number of hydrogen-bond acceptors (Lipinski definition) is 2. The van der Waals surface area contributed by atoms with Crippen LogP contribution in [-0.2, 0) is 9.47 Å². The van der Waals surface area contributed by atoms with E-state index < -0.39 is 0 Å². The van der Waals surface area contributed by atoms with Crippen molar-refractivity contribution in [2.45, 2.75) is 58.3 Å². The molecule has 1 fully saturated rings. The van der Waals surface area contributed by atoms with Gasteiger partial charge in [0, 0.05) is 11.8 Å². The smallest absolute Gasteiger partial charge is 0.164 e. The fourth-order valence-electron chi connectivity index (χ4n) is 2.79. The molecule has 1 aromatic carbocycles. The first kappa shape index (κ1) is 14.5. The second-order valence-corrected chi connectivity index (χ2v) is 5.53. The third-order valence-corrected chi connectivity index (χ3v) is 4.14. The maximum Gasteiger partial charge on any atom is 0.164 e. The van der Waals surface area contributed by atoms with Crippen LogP contribution >= 0.6 is 0 Å². The lowest BCUT2D eigenvalue weighted by Gasteiger charge is -2.38. The average molecular weight is 262 g/mol. The minimum Gasteiger partial charge on any atom is -0.352 e. The van der Waals surface area contributed by atoms with Gasteiger partial charge < -0.3 is 9.47 Å². The lowest BCUT2D eigenvalue weighted by molar-refractivity contribution is -0.245. The van der Waals surface area contributed by atoms with Crippen LogP contribution in [0.25, 0.3) is 0 Å². The van der Waals surface area contributed by atoms with E-state index in [9.17, 15) is 0 Å². The van der Waals surface area contributed by atoms with Gasteiger partial charge in [-0.15, -0.1) is 0 Å². The van der Waals surface area contributed by atoms with Gasteiger partial charge in [-0.1, -0.05) is 57.5 Å². The van der Waals surface area contributed by atoms with E-state index in [-0.39, 0.29) is 6.29 Å². The van der Waals surface area contributed by atoms with Gasteiger partial charge in [-0.25, -0.2) is 0 Å². The third kappa shape index (κ3) is 3.58. The molecule has 0 aliphatic carbocycles. The number of ether oxygens (including phenoxy) is 2. The minimum absolute atomic E-state index is 0.0956. The van der Waals surface area contributed by atoms with Crippen LogP contribution in [0, 0.1) is 5.92 Å². The lowest BCUT2D eigenvalue weighted by Crippen LogP contribution is -2.41. The SMILES string of the molecule is CCC[C@@H]1O[C@@H]([C@@H](C)c2ccccc2)OC[C@H]1CC. The van der Waals surface area contributed by atoms with E-state index in [0.717, 1.165) is 19.4 Å². The zero-order valence-electron chi connectivity index (χ0n) is 12.3. The second kappa shape index (κ2) is 7.06. The minimum atomic E-state index is -0.0956. The normalized spacial score (nSPS) is 29.1. The van der Waals surface area contributed by atoms with Gasteiger partial charge in [0.05, 0.1) is 12.7 Å². The van der Waals surface area contributed by atoms with Crippen LogP contribution in [0.1, 0.15) is 51.5 Å². The van der Waals surface area contributed by atoms with Gasteiger partial charge in [-0.05, 0) is 18.4 Å². The maximum atomic E-state index is 6.22. The maximum absolute atomic E-state index is 6.22. The first-order chi connectivity index (χ1) is 9.26.